The van der Waals surface area contributed by atoms with Gasteiger partial charge < -0.3 is 5.32 Å². The van der Waals surface area contributed by atoms with Crippen molar-refractivity contribution in [3.05, 3.63) is 42.7 Å². The summed E-state index contributed by atoms with van der Waals surface area (Å²) in [6.07, 6.45) is 5.20. The average Bonchev–Trinajstić information content (AvgIpc) is 3.07. The lowest BCUT2D eigenvalue weighted by Gasteiger charge is -2.34. The monoisotopic (exact) mass is 402 g/mol. The second kappa shape index (κ2) is 9.37. The van der Waals surface area contributed by atoms with Crippen LogP contribution in [0.5, 0.6) is 0 Å². The number of aromatic nitrogens is 3. The van der Waals surface area contributed by atoms with Gasteiger partial charge in [0.15, 0.2) is 11.0 Å². The van der Waals surface area contributed by atoms with Crippen LogP contribution in [0.2, 0.25) is 0 Å². The van der Waals surface area contributed by atoms with E-state index in [4.69, 9.17) is 0 Å². The number of allylic oxidation sites excluding steroid dienone is 1. The van der Waals surface area contributed by atoms with Gasteiger partial charge >= 0.3 is 0 Å². The molecule has 0 bridgehead atoms. The topological polar surface area (TPSA) is 59.8 Å². The first kappa shape index (κ1) is 20.6. The molecule has 1 fully saturated rings. The highest BCUT2D eigenvalue weighted by Gasteiger charge is 2.28. The van der Waals surface area contributed by atoms with Gasteiger partial charge in [0.25, 0.3) is 0 Å². The highest BCUT2D eigenvalue weighted by Crippen LogP contribution is 2.30. The lowest BCUT2D eigenvalue weighted by atomic mass is 9.78. The van der Waals surface area contributed by atoms with Crippen LogP contribution in [0.4, 0.5) is 4.39 Å². The molecule has 0 spiro atoms. The van der Waals surface area contributed by atoms with E-state index in [0.29, 0.717) is 29.4 Å². The fraction of sp³-hybridized carbons (Fsp3) is 0.476. The Bertz CT molecular complexity index is 820. The lowest BCUT2D eigenvalue weighted by molar-refractivity contribution is -0.120. The van der Waals surface area contributed by atoms with E-state index in [1.54, 1.807) is 18.2 Å². The van der Waals surface area contributed by atoms with Gasteiger partial charge in [-0.15, -0.1) is 16.8 Å². The molecule has 7 heteroatoms. The molecule has 0 aliphatic heterocycles. The number of hydrogen-bond donors (Lipinski definition) is 1. The van der Waals surface area contributed by atoms with Crippen LogP contribution >= 0.6 is 11.8 Å². The number of carbonyl (C=O) groups is 1. The smallest absolute Gasteiger partial charge is 0.230 e. The molecule has 1 N–H and O–H groups in total. The quantitative estimate of drug-likeness (QED) is 0.554. The van der Waals surface area contributed by atoms with E-state index in [-0.39, 0.29) is 23.5 Å². The maximum absolute atomic E-state index is 13.2. The predicted molar refractivity (Wildman–Crippen MR) is 110 cm³/mol. The van der Waals surface area contributed by atoms with Gasteiger partial charge in [-0.1, -0.05) is 44.5 Å². The zero-order valence-corrected chi connectivity index (χ0v) is 17.2. The highest BCUT2D eigenvalue weighted by molar-refractivity contribution is 7.99. The Labute approximate surface area is 169 Å². The van der Waals surface area contributed by atoms with Crippen molar-refractivity contribution in [1.29, 1.82) is 0 Å². The van der Waals surface area contributed by atoms with Crippen molar-refractivity contribution in [3.8, 4) is 11.4 Å². The zero-order valence-electron chi connectivity index (χ0n) is 16.4. The number of carbonyl (C=O) groups excluding carboxylic acids is 1. The van der Waals surface area contributed by atoms with Crippen molar-refractivity contribution in [2.75, 3.05) is 5.75 Å². The van der Waals surface area contributed by atoms with Crippen LogP contribution in [0, 0.1) is 17.7 Å². The van der Waals surface area contributed by atoms with Gasteiger partial charge in [-0.2, -0.15) is 0 Å². The standard InChI is InChI=1S/C21H27FN4OS/c1-4-12-26-20(16-8-10-17(22)11-9-16)24-25-21(26)28-13-19(27)23-18-7-5-6-14(2)15(18)3/h4,8-11,14-15,18H,1,5-7,12-13H2,2-3H3,(H,23,27)/t14-,15+,18-/m0/s1. The Morgan fingerprint density at radius 2 is 2.07 bits per heavy atom. The molecule has 1 aromatic carbocycles. The molecule has 1 aliphatic carbocycles. The van der Waals surface area contributed by atoms with E-state index >= 15 is 0 Å². The molecular formula is C21H27FN4OS. The molecular weight excluding hydrogens is 375 g/mol. The Morgan fingerprint density at radius 1 is 1.32 bits per heavy atom. The molecule has 1 saturated carbocycles. The van der Waals surface area contributed by atoms with E-state index in [0.717, 1.165) is 18.4 Å². The average molecular weight is 403 g/mol. The molecule has 1 aliphatic rings. The van der Waals surface area contributed by atoms with Gasteiger partial charge in [0, 0.05) is 18.2 Å². The molecule has 1 aromatic heterocycles. The molecule has 2 aromatic rings. The number of halogens is 1. The molecule has 0 radical (unpaired) electrons. The summed E-state index contributed by atoms with van der Waals surface area (Å²) in [5, 5.41) is 12.3. The Kier molecular flexibility index (Phi) is 6.88. The van der Waals surface area contributed by atoms with Crippen LogP contribution < -0.4 is 5.32 Å². The Balaban J connectivity index is 1.66. The van der Waals surface area contributed by atoms with E-state index in [9.17, 15) is 9.18 Å². The first-order valence-corrected chi connectivity index (χ1v) is 10.7. The SMILES string of the molecule is C=CCn1c(SCC(=O)N[C@H]2CCC[C@H](C)[C@H]2C)nnc1-c1ccc(F)cc1. The maximum atomic E-state index is 13.2. The summed E-state index contributed by atoms with van der Waals surface area (Å²) in [6, 6.07) is 6.39. The van der Waals surface area contributed by atoms with Gasteiger partial charge in [0.2, 0.25) is 5.91 Å². The van der Waals surface area contributed by atoms with Crippen molar-refractivity contribution >= 4 is 17.7 Å². The van der Waals surface area contributed by atoms with E-state index in [2.05, 4.69) is 35.9 Å². The second-order valence-corrected chi connectivity index (χ2v) is 8.38. The van der Waals surface area contributed by atoms with Crippen LogP contribution in [0.1, 0.15) is 33.1 Å². The summed E-state index contributed by atoms with van der Waals surface area (Å²) in [7, 11) is 0. The normalized spacial score (nSPS) is 22.0. The van der Waals surface area contributed by atoms with Gasteiger partial charge in [-0.3, -0.25) is 9.36 Å². The summed E-state index contributed by atoms with van der Waals surface area (Å²) in [6.45, 7) is 8.78. The number of amides is 1. The third-order valence-corrected chi connectivity index (χ3v) is 6.48. The molecule has 150 valence electrons. The Morgan fingerprint density at radius 3 is 2.79 bits per heavy atom. The summed E-state index contributed by atoms with van der Waals surface area (Å²) in [5.74, 6) is 1.79. The summed E-state index contributed by atoms with van der Waals surface area (Å²) < 4.78 is 15.1. The largest absolute Gasteiger partial charge is 0.352 e. The minimum atomic E-state index is -0.295. The van der Waals surface area contributed by atoms with Crippen molar-refractivity contribution < 1.29 is 9.18 Å². The fourth-order valence-electron chi connectivity index (χ4n) is 3.67. The zero-order chi connectivity index (χ0) is 20.1. The van der Waals surface area contributed by atoms with Crippen molar-refractivity contribution in [2.24, 2.45) is 11.8 Å². The van der Waals surface area contributed by atoms with Gasteiger partial charge in [-0.05, 0) is 42.5 Å². The number of benzene rings is 1. The summed E-state index contributed by atoms with van der Waals surface area (Å²) in [5.41, 5.74) is 0.775. The van der Waals surface area contributed by atoms with Crippen molar-refractivity contribution in [2.45, 2.75) is 50.9 Å². The third-order valence-electron chi connectivity index (χ3n) is 5.52. The minimum absolute atomic E-state index is 0.0208. The molecule has 3 rings (SSSR count). The molecule has 0 unspecified atom stereocenters. The van der Waals surface area contributed by atoms with E-state index in [1.807, 2.05) is 4.57 Å². The van der Waals surface area contributed by atoms with Crippen LogP contribution in [-0.4, -0.2) is 32.5 Å². The van der Waals surface area contributed by atoms with Crippen LogP contribution in [0.15, 0.2) is 42.1 Å². The highest BCUT2D eigenvalue weighted by atomic mass is 32.2. The summed E-state index contributed by atoms with van der Waals surface area (Å²) in [4.78, 5) is 12.5. The fourth-order valence-corrected chi connectivity index (χ4v) is 4.42. The molecule has 5 nitrogen and oxygen atoms in total. The molecule has 1 heterocycles. The molecule has 0 saturated heterocycles. The predicted octanol–water partition coefficient (Wildman–Crippen LogP) is 4.30. The third kappa shape index (κ3) is 4.82. The molecule has 3 atom stereocenters. The van der Waals surface area contributed by atoms with E-state index in [1.165, 1.54) is 30.3 Å². The van der Waals surface area contributed by atoms with Crippen molar-refractivity contribution in [3.63, 3.8) is 0 Å². The number of rotatable bonds is 7. The number of hydrogen-bond acceptors (Lipinski definition) is 4. The van der Waals surface area contributed by atoms with Gasteiger partial charge in [0.1, 0.15) is 5.82 Å². The maximum Gasteiger partial charge on any atom is 0.230 e. The number of nitrogens with zero attached hydrogens (tertiary/aromatic N) is 3. The van der Waals surface area contributed by atoms with Crippen molar-refractivity contribution in [1.82, 2.24) is 20.1 Å². The first-order chi connectivity index (χ1) is 13.5. The second-order valence-electron chi connectivity index (χ2n) is 7.44. The number of nitrogens with one attached hydrogen (secondary N) is 1. The number of thioether (sulfide) groups is 1. The molecule has 28 heavy (non-hydrogen) atoms. The van der Waals surface area contributed by atoms with Crippen LogP contribution in [-0.2, 0) is 11.3 Å². The molecule has 1 amide bonds. The van der Waals surface area contributed by atoms with E-state index < -0.39 is 0 Å². The van der Waals surface area contributed by atoms with Gasteiger partial charge in [0.05, 0.1) is 5.75 Å². The first-order valence-electron chi connectivity index (χ1n) is 9.71. The lowest BCUT2D eigenvalue weighted by Crippen LogP contribution is -2.44. The Hall–Kier alpha value is -2.15. The van der Waals surface area contributed by atoms with Crippen LogP contribution in [0.25, 0.3) is 11.4 Å². The minimum Gasteiger partial charge on any atom is -0.352 e. The van der Waals surface area contributed by atoms with Gasteiger partial charge in [-0.25, -0.2) is 4.39 Å². The van der Waals surface area contributed by atoms with Crippen LogP contribution in [0.3, 0.4) is 0 Å². The summed E-state index contributed by atoms with van der Waals surface area (Å²) >= 11 is 1.36.